The predicted molar refractivity (Wildman–Crippen MR) is 77.9 cm³/mol. The van der Waals surface area contributed by atoms with Gasteiger partial charge in [0.2, 0.25) is 0 Å². The number of rotatable bonds is 4. The smallest absolute Gasteiger partial charge is 0.175 e. The number of nitrogens with one attached hydrogen (secondary N) is 1. The number of halogens is 2. The van der Waals surface area contributed by atoms with Crippen LogP contribution in [0.3, 0.4) is 0 Å². The average Bonchev–Trinajstić information content (AvgIpc) is 2.42. The van der Waals surface area contributed by atoms with Gasteiger partial charge in [-0.25, -0.2) is 17.2 Å². The Labute approximate surface area is 122 Å². The second-order valence-electron chi connectivity index (χ2n) is 4.84. The van der Waals surface area contributed by atoms with Crippen molar-refractivity contribution in [2.24, 2.45) is 0 Å². The molecular weight excluding hydrogens is 296 g/mol. The van der Waals surface area contributed by atoms with Gasteiger partial charge in [0, 0.05) is 24.1 Å². The van der Waals surface area contributed by atoms with Gasteiger partial charge in [0.15, 0.2) is 21.5 Å². The Morgan fingerprint density at radius 3 is 2.14 bits per heavy atom. The van der Waals surface area contributed by atoms with Gasteiger partial charge in [-0.2, -0.15) is 0 Å². The summed E-state index contributed by atoms with van der Waals surface area (Å²) in [5, 5.41) is 3.03. The summed E-state index contributed by atoms with van der Waals surface area (Å²) in [5.41, 5.74) is 1.29. The van der Waals surface area contributed by atoms with Gasteiger partial charge in [0.05, 0.1) is 4.90 Å². The maximum Gasteiger partial charge on any atom is 0.175 e. The minimum absolute atomic E-state index is 0.177. The van der Waals surface area contributed by atoms with Crippen LogP contribution < -0.4 is 5.32 Å². The molecule has 0 aliphatic carbocycles. The van der Waals surface area contributed by atoms with Crippen molar-refractivity contribution in [1.29, 1.82) is 0 Å². The lowest BCUT2D eigenvalue weighted by atomic mass is 10.1. The van der Waals surface area contributed by atoms with E-state index < -0.39 is 21.5 Å². The molecule has 1 N–H and O–H groups in total. The molecule has 0 bridgehead atoms. The van der Waals surface area contributed by atoms with Gasteiger partial charge in [-0.15, -0.1) is 0 Å². The number of anilines is 1. The van der Waals surface area contributed by atoms with Crippen LogP contribution in [0, 0.1) is 11.6 Å². The summed E-state index contributed by atoms with van der Waals surface area (Å²) in [6, 6.07) is 9.82. The molecule has 2 aromatic rings. The molecule has 0 aliphatic heterocycles. The van der Waals surface area contributed by atoms with E-state index >= 15 is 0 Å². The molecule has 0 radical (unpaired) electrons. The fraction of sp³-hybridized carbons (Fsp3) is 0.200. The first-order valence-electron chi connectivity index (χ1n) is 6.29. The minimum Gasteiger partial charge on any atom is -0.378 e. The maximum absolute atomic E-state index is 13.1. The summed E-state index contributed by atoms with van der Waals surface area (Å²) in [5.74, 6) is -1.81. The zero-order chi connectivity index (χ0) is 15.6. The Balaban J connectivity index is 2.16. The van der Waals surface area contributed by atoms with E-state index in [1.54, 1.807) is 12.1 Å². The number of sulfone groups is 1. The molecule has 0 aliphatic rings. The van der Waals surface area contributed by atoms with Gasteiger partial charge in [-0.1, -0.05) is 12.1 Å². The van der Waals surface area contributed by atoms with Crippen LogP contribution >= 0.6 is 0 Å². The molecule has 0 heterocycles. The first kappa shape index (κ1) is 15.4. The molecule has 0 aromatic heterocycles. The van der Waals surface area contributed by atoms with Crippen molar-refractivity contribution in [3.63, 3.8) is 0 Å². The molecule has 0 fully saturated rings. The van der Waals surface area contributed by atoms with E-state index in [1.165, 1.54) is 18.2 Å². The highest BCUT2D eigenvalue weighted by Gasteiger charge is 2.10. The van der Waals surface area contributed by atoms with Crippen molar-refractivity contribution in [2.45, 2.75) is 17.9 Å². The third kappa shape index (κ3) is 3.78. The highest BCUT2D eigenvalue weighted by molar-refractivity contribution is 7.90. The van der Waals surface area contributed by atoms with Crippen LogP contribution in [0.1, 0.15) is 18.5 Å². The van der Waals surface area contributed by atoms with Crippen LogP contribution in [0.4, 0.5) is 14.5 Å². The lowest BCUT2D eigenvalue weighted by Gasteiger charge is -2.16. The molecule has 0 saturated carbocycles. The Kier molecular flexibility index (Phi) is 4.27. The van der Waals surface area contributed by atoms with Gasteiger partial charge >= 0.3 is 0 Å². The molecule has 1 atom stereocenters. The van der Waals surface area contributed by atoms with Gasteiger partial charge in [-0.3, -0.25) is 0 Å². The molecule has 21 heavy (non-hydrogen) atoms. The van der Waals surface area contributed by atoms with E-state index in [9.17, 15) is 17.2 Å². The third-order valence-corrected chi connectivity index (χ3v) is 4.24. The predicted octanol–water partition coefficient (Wildman–Crippen LogP) is 3.54. The fourth-order valence-corrected chi connectivity index (χ4v) is 2.55. The Morgan fingerprint density at radius 2 is 1.62 bits per heavy atom. The molecule has 0 saturated heterocycles. The first-order valence-corrected chi connectivity index (χ1v) is 8.18. The topological polar surface area (TPSA) is 46.2 Å². The maximum atomic E-state index is 13.1. The van der Waals surface area contributed by atoms with E-state index in [2.05, 4.69) is 5.32 Å². The van der Waals surface area contributed by atoms with Crippen molar-refractivity contribution in [1.82, 2.24) is 0 Å². The van der Waals surface area contributed by atoms with E-state index in [-0.39, 0.29) is 10.9 Å². The molecule has 0 amide bonds. The summed E-state index contributed by atoms with van der Waals surface area (Å²) in [7, 11) is -3.23. The van der Waals surface area contributed by atoms with Crippen molar-refractivity contribution in [3.8, 4) is 0 Å². The summed E-state index contributed by atoms with van der Waals surface area (Å²) in [6.45, 7) is 1.84. The van der Waals surface area contributed by atoms with Gasteiger partial charge in [-0.05, 0) is 36.8 Å². The molecule has 3 nitrogen and oxygen atoms in total. The van der Waals surface area contributed by atoms with Crippen LogP contribution in [-0.2, 0) is 9.84 Å². The summed E-state index contributed by atoms with van der Waals surface area (Å²) < 4.78 is 48.8. The molecule has 2 rings (SSSR count). The lowest BCUT2D eigenvalue weighted by molar-refractivity contribution is 0.509. The molecule has 2 aromatic carbocycles. The van der Waals surface area contributed by atoms with E-state index in [1.807, 2.05) is 6.92 Å². The van der Waals surface area contributed by atoms with Crippen molar-refractivity contribution < 1.29 is 17.2 Å². The van der Waals surface area contributed by atoms with E-state index in [4.69, 9.17) is 0 Å². The van der Waals surface area contributed by atoms with Crippen molar-refractivity contribution in [3.05, 3.63) is 59.7 Å². The number of hydrogen-bond acceptors (Lipinski definition) is 3. The van der Waals surface area contributed by atoms with Crippen LogP contribution in [0.5, 0.6) is 0 Å². The average molecular weight is 311 g/mol. The zero-order valence-electron chi connectivity index (χ0n) is 11.6. The number of hydrogen-bond donors (Lipinski definition) is 1. The van der Waals surface area contributed by atoms with E-state index in [0.29, 0.717) is 5.69 Å². The highest BCUT2D eigenvalue weighted by Crippen LogP contribution is 2.22. The summed E-state index contributed by atoms with van der Waals surface area (Å²) in [4.78, 5) is 0.242. The largest absolute Gasteiger partial charge is 0.378 e. The van der Waals surface area contributed by atoms with Crippen LogP contribution in [0.25, 0.3) is 0 Å². The summed E-state index contributed by atoms with van der Waals surface area (Å²) >= 11 is 0. The normalized spacial score (nSPS) is 13.0. The van der Waals surface area contributed by atoms with Crippen molar-refractivity contribution >= 4 is 15.5 Å². The molecular formula is C15H15F2NO2S. The lowest BCUT2D eigenvalue weighted by Crippen LogP contribution is -2.07. The minimum atomic E-state index is -3.23. The second kappa shape index (κ2) is 5.81. The standard InChI is InChI=1S/C15H15F2NO2S/c1-10(18-12-5-8-14(16)15(17)9-12)11-3-6-13(7-4-11)21(2,19)20/h3-10,18H,1-2H3. The third-order valence-electron chi connectivity index (χ3n) is 3.11. The first-order chi connectivity index (χ1) is 9.77. The van der Waals surface area contributed by atoms with E-state index in [0.717, 1.165) is 24.0 Å². The van der Waals surface area contributed by atoms with Crippen LogP contribution in [0.15, 0.2) is 47.4 Å². The van der Waals surface area contributed by atoms with Crippen LogP contribution in [-0.4, -0.2) is 14.7 Å². The quantitative estimate of drug-likeness (QED) is 0.939. The number of benzene rings is 2. The van der Waals surface area contributed by atoms with Crippen molar-refractivity contribution in [2.75, 3.05) is 11.6 Å². The Hall–Kier alpha value is -1.95. The van der Waals surface area contributed by atoms with Gasteiger partial charge in [0.1, 0.15) is 0 Å². The molecule has 1 unspecified atom stereocenters. The van der Waals surface area contributed by atoms with Gasteiger partial charge in [0.25, 0.3) is 0 Å². The highest BCUT2D eigenvalue weighted by atomic mass is 32.2. The molecule has 6 heteroatoms. The Bertz CT molecular complexity index is 743. The molecule has 112 valence electrons. The Morgan fingerprint density at radius 1 is 1.00 bits per heavy atom. The fourth-order valence-electron chi connectivity index (χ4n) is 1.92. The SMILES string of the molecule is CC(Nc1ccc(F)c(F)c1)c1ccc(S(C)(=O)=O)cc1. The molecule has 0 spiro atoms. The monoisotopic (exact) mass is 311 g/mol. The van der Waals surface area contributed by atoms with Gasteiger partial charge < -0.3 is 5.32 Å². The summed E-state index contributed by atoms with van der Waals surface area (Å²) in [6.07, 6.45) is 1.14. The zero-order valence-corrected chi connectivity index (χ0v) is 12.4. The second-order valence-corrected chi connectivity index (χ2v) is 6.85. The van der Waals surface area contributed by atoms with Crippen LogP contribution in [0.2, 0.25) is 0 Å².